The van der Waals surface area contributed by atoms with E-state index in [9.17, 15) is 13.6 Å². The average Bonchev–Trinajstić information content (AvgIpc) is 2.49. The van der Waals surface area contributed by atoms with Crippen molar-refractivity contribution in [2.75, 3.05) is 7.11 Å². The Kier molecular flexibility index (Phi) is 3.13. The van der Waals surface area contributed by atoms with Crippen LogP contribution >= 0.6 is 0 Å². The highest BCUT2D eigenvalue weighted by Crippen LogP contribution is 2.20. The number of hydrogen-bond donors (Lipinski definition) is 1. The summed E-state index contributed by atoms with van der Waals surface area (Å²) < 4.78 is 31.5. The molecule has 0 fully saturated rings. The first-order valence-electron chi connectivity index (χ1n) is 6.12. The summed E-state index contributed by atoms with van der Waals surface area (Å²) in [7, 11) is 1.54. The smallest absolute Gasteiger partial charge is 0.259 e. The van der Waals surface area contributed by atoms with E-state index in [1.807, 2.05) is 0 Å². The topological polar surface area (TPSA) is 55.0 Å². The van der Waals surface area contributed by atoms with Gasteiger partial charge in [0.15, 0.2) is 11.6 Å². The average molecular weight is 288 g/mol. The number of aromatic nitrogens is 2. The lowest BCUT2D eigenvalue weighted by molar-refractivity contribution is 0.415. The summed E-state index contributed by atoms with van der Waals surface area (Å²) in [6.07, 6.45) is 0. The van der Waals surface area contributed by atoms with Crippen LogP contribution in [-0.2, 0) is 0 Å². The molecule has 4 nitrogen and oxygen atoms in total. The molecule has 0 atom stereocenters. The van der Waals surface area contributed by atoms with Gasteiger partial charge in [-0.3, -0.25) is 4.79 Å². The van der Waals surface area contributed by atoms with Gasteiger partial charge >= 0.3 is 0 Å². The van der Waals surface area contributed by atoms with Crippen molar-refractivity contribution in [3.63, 3.8) is 0 Å². The second-order valence-corrected chi connectivity index (χ2v) is 4.43. The van der Waals surface area contributed by atoms with Gasteiger partial charge in [-0.15, -0.1) is 0 Å². The zero-order chi connectivity index (χ0) is 15.0. The number of methoxy groups -OCH3 is 1. The Hall–Kier alpha value is -2.76. The SMILES string of the molecule is COc1ccc(-c2nc3cc(F)c(F)cc3c(=O)[nH]2)cc1. The number of ether oxygens (including phenoxy) is 1. The van der Waals surface area contributed by atoms with E-state index in [2.05, 4.69) is 9.97 Å². The molecule has 6 heteroatoms. The standard InChI is InChI=1S/C15H10F2N2O2/c1-21-9-4-2-8(3-5-9)14-18-13-7-12(17)11(16)6-10(13)15(20)19-14/h2-7H,1H3,(H,18,19,20). The van der Waals surface area contributed by atoms with Gasteiger partial charge in [0.25, 0.3) is 5.56 Å². The second kappa shape index (κ2) is 4.97. The molecule has 0 aliphatic rings. The summed E-state index contributed by atoms with van der Waals surface area (Å²) in [6.45, 7) is 0. The normalized spacial score (nSPS) is 10.8. The molecule has 1 aromatic heterocycles. The second-order valence-electron chi connectivity index (χ2n) is 4.43. The molecule has 0 aliphatic carbocycles. The monoisotopic (exact) mass is 288 g/mol. The maximum Gasteiger partial charge on any atom is 0.259 e. The van der Waals surface area contributed by atoms with E-state index in [1.54, 1.807) is 31.4 Å². The van der Waals surface area contributed by atoms with Crippen LogP contribution in [0.3, 0.4) is 0 Å². The fourth-order valence-electron chi connectivity index (χ4n) is 2.02. The number of fused-ring (bicyclic) bond motifs is 1. The van der Waals surface area contributed by atoms with Crippen molar-refractivity contribution in [1.82, 2.24) is 9.97 Å². The van der Waals surface area contributed by atoms with Crippen LogP contribution in [0.4, 0.5) is 8.78 Å². The lowest BCUT2D eigenvalue weighted by atomic mass is 10.2. The molecule has 1 heterocycles. The highest BCUT2D eigenvalue weighted by Gasteiger charge is 2.10. The fourth-order valence-corrected chi connectivity index (χ4v) is 2.02. The van der Waals surface area contributed by atoms with Crippen molar-refractivity contribution in [3.8, 4) is 17.1 Å². The number of halogens is 2. The Bertz CT molecular complexity index is 873. The van der Waals surface area contributed by atoms with Gasteiger partial charge in [-0.1, -0.05) is 0 Å². The molecular formula is C15H10F2N2O2. The Morgan fingerprint density at radius 1 is 1.10 bits per heavy atom. The van der Waals surface area contributed by atoms with Gasteiger partial charge < -0.3 is 9.72 Å². The van der Waals surface area contributed by atoms with E-state index in [4.69, 9.17) is 4.74 Å². The zero-order valence-electron chi connectivity index (χ0n) is 11.0. The predicted octanol–water partition coefficient (Wildman–Crippen LogP) is 2.88. The molecule has 0 amide bonds. The first-order valence-corrected chi connectivity index (χ1v) is 6.12. The number of aromatic amines is 1. The Morgan fingerprint density at radius 3 is 2.43 bits per heavy atom. The molecule has 106 valence electrons. The number of hydrogen-bond acceptors (Lipinski definition) is 3. The van der Waals surface area contributed by atoms with Gasteiger partial charge in [0.05, 0.1) is 18.0 Å². The van der Waals surface area contributed by atoms with E-state index in [-0.39, 0.29) is 16.7 Å². The van der Waals surface area contributed by atoms with Crippen LogP contribution < -0.4 is 10.3 Å². The van der Waals surface area contributed by atoms with Gasteiger partial charge in [0.1, 0.15) is 11.6 Å². The van der Waals surface area contributed by atoms with Crippen molar-refractivity contribution in [2.24, 2.45) is 0 Å². The maximum absolute atomic E-state index is 13.3. The van der Waals surface area contributed by atoms with Crippen LogP contribution in [0.25, 0.3) is 22.3 Å². The van der Waals surface area contributed by atoms with Crippen molar-refractivity contribution in [1.29, 1.82) is 0 Å². The van der Waals surface area contributed by atoms with Gasteiger partial charge in [-0.25, -0.2) is 13.8 Å². The van der Waals surface area contributed by atoms with Gasteiger partial charge in [0, 0.05) is 11.6 Å². The molecule has 0 unspecified atom stereocenters. The Labute approximate surface area is 118 Å². The molecule has 0 saturated carbocycles. The maximum atomic E-state index is 13.3. The van der Waals surface area contributed by atoms with Gasteiger partial charge in [-0.2, -0.15) is 0 Å². The minimum atomic E-state index is -1.08. The zero-order valence-corrected chi connectivity index (χ0v) is 11.0. The van der Waals surface area contributed by atoms with E-state index >= 15 is 0 Å². The van der Waals surface area contributed by atoms with E-state index < -0.39 is 17.2 Å². The molecule has 3 aromatic rings. The molecule has 0 saturated heterocycles. The number of nitrogens with zero attached hydrogens (tertiary/aromatic N) is 1. The minimum Gasteiger partial charge on any atom is -0.497 e. The van der Waals surface area contributed by atoms with Crippen molar-refractivity contribution < 1.29 is 13.5 Å². The van der Waals surface area contributed by atoms with Crippen molar-refractivity contribution >= 4 is 10.9 Å². The summed E-state index contributed by atoms with van der Waals surface area (Å²) in [4.78, 5) is 18.7. The molecule has 1 N–H and O–H groups in total. The molecule has 0 bridgehead atoms. The number of benzene rings is 2. The van der Waals surface area contributed by atoms with Crippen molar-refractivity contribution in [3.05, 3.63) is 58.4 Å². The molecule has 21 heavy (non-hydrogen) atoms. The lowest BCUT2D eigenvalue weighted by Crippen LogP contribution is -2.10. The third-order valence-corrected chi connectivity index (χ3v) is 3.11. The molecule has 0 aliphatic heterocycles. The molecule has 2 aromatic carbocycles. The third kappa shape index (κ3) is 2.35. The molecule has 0 radical (unpaired) electrons. The third-order valence-electron chi connectivity index (χ3n) is 3.11. The van der Waals surface area contributed by atoms with Crippen LogP contribution in [0.1, 0.15) is 0 Å². The number of rotatable bonds is 2. The number of nitrogens with one attached hydrogen (secondary N) is 1. The van der Waals surface area contributed by atoms with Crippen LogP contribution in [0.15, 0.2) is 41.2 Å². The predicted molar refractivity (Wildman–Crippen MR) is 74.3 cm³/mol. The van der Waals surface area contributed by atoms with Crippen LogP contribution in [-0.4, -0.2) is 17.1 Å². The fraction of sp³-hybridized carbons (Fsp3) is 0.0667. The van der Waals surface area contributed by atoms with E-state index in [0.29, 0.717) is 11.3 Å². The Morgan fingerprint density at radius 2 is 1.76 bits per heavy atom. The first-order chi connectivity index (χ1) is 10.1. The summed E-state index contributed by atoms with van der Waals surface area (Å²) in [5.41, 5.74) is 0.215. The van der Waals surface area contributed by atoms with Crippen LogP contribution in [0, 0.1) is 11.6 Å². The first kappa shape index (κ1) is 13.2. The quantitative estimate of drug-likeness (QED) is 0.789. The molecule has 0 spiro atoms. The molecular weight excluding hydrogens is 278 g/mol. The van der Waals surface area contributed by atoms with E-state index in [0.717, 1.165) is 12.1 Å². The summed E-state index contributed by atoms with van der Waals surface area (Å²) in [5.74, 6) is -1.18. The highest BCUT2D eigenvalue weighted by atomic mass is 19.2. The number of H-pyrrole nitrogens is 1. The van der Waals surface area contributed by atoms with Gasteiger partial charge in [0.2, 0.25) is 0 Å². The summed E-state index contributed by atoms with van der Waals surface area (Å²) >= 11 is 0. The summed E-state index contributed by atoms with van der Waals surface area (Å²) in [5, 5.41) is 0.00571. The van der Waals surface area contributed by atoms with E-state index in [1.165, 1.54) is 0 Å². The minimum absolute atomic E-state index is 0.00571. The largest absolute Gasteiger partial charge is 0.497 e. The summed E-state index contributed by atoms with van der Waals surface area (Å²) in [6, 6.07) is 8.60. The van der Waals surface area contributed by atoms with Crippen LogP contribution in [0.2, 0.25) is 0 Å². The van der Waals surface area contributed by atoms with Crippen LogP contribution in [0.5, 0.6) is 5.75 Å². The highest BCUT2D eigenvalue weighted by molar-refractivity contribution is 5.79. The Balaban J connectivity index is 2.19. The lowest BCUT2D eigenvalue weighted by Gasteiger charge is -2.05. The van der Waals surface area contributed by atoms with Crippen molar-refractivity contribution in [2.45, 2.75) is 0 Å². The van der Waals surface area contributed by atoms with Gasteiger partial charge in [-0.05, 0) is 30.3 Å². The molecule has 3 rings (SSSR count).